The van der Waals surface area contributed by atoms with Crippen LogP contribution in [0.25, 0.3) is 21.3 Å². The molecule has 3 aromatic carbocycles. The van der Waals surface area contributed by atoms with Crippen LogP contribution in [0.2, 0.25) is 0 Å². The summed E-state index contributed by atoms with van der Waals surface area (Å²) in [5.74, 6) is 0.148. The number of anilines is 2. The van der Waals surface area contributed by atoms with Gasteiger partial charge in [-0.25, -0.2) is 14.2 Å². The number of hydrogen-bond acceptors (Lipinski definition) is 6. The number of likely N-dealkylation sites (tertiary alicyclic amines) is 1. The van der Waals surface area contributed by atoms with E-state index in [4.69, 9.17) is 9.72 Å². The summed E-state index contributed by atoms with van der Waals surface area (Å²) in [6, 6.07) is 19.5. The Morgan fingerprint density at radius 3 is 2.50 bits per heavy atom. The second-order valence-electron chi connectivity index (χ2n) is 8.54. The van der Waals surface area contributed by atoms with Gasteiger partial charge in [-0.15, -0.1) is 0 Å². The molecule has 34 heavy (non-hydrogen) atoms. The van der Waals surface area contributed by atoms with Crippen molar-refractivity contribution in [2.45, 2.75) is 12.5 Å². The number of ether oxygens (including phenoxy) is 1. The number of nitrogens with zero attached hydrogens (tertiary/aromatic N) is 3. The van der Waals surface area contributed by atoms with Crippen LogP contribution >= 0.6 is 11.3 Å². The van der Waals surface area contributed by atoms with E-state index in [1.807, 2.05) is 30.3 Å². The summed E-state index contributed by atoms with van der Waals surface area (Å²) in [7, 11) is 4.24. The largest absolute Gasteiger partial charge is 0.417 e. The van der Waals surface area contributed by atoms with Crippen molar-refractivity contribution in [2.24, 2.45) is 0 Å². The normalized spacial score (nSPS) is 16.0. The second-order valence-corrected chi connectivity index (χ2v) is 9.55. The first kappa shape index (κ1) is 22.3. The molecule has 1 amide bonds. The van der Waals surface area contributed by atoms with E-state index in [0.29, 0.717) is 17.5 Å². The number of thiazole rings is 1. The number of rotatable bonds is 5. The number of halogens is 1. The van der Waals surface area contributed by atoms with Crippen LogP contribution < -0.4 is 15.0 Å². The number of aromatic nitrogens is 1. The number of benzene rings is 3. The highest BCUT2D eigenvalue weighted by atomic mass is 32.1. The fourth-order valence-electron chi connectivity index (χ4n) is 4.13. The van der Waals surface area contributed by atoms with Gasteiger partial charge in [-0.1, -0.05) is 35.6 Å². The van der Waals surface area contributed by atoms with Crippen molar-refractivity contribution < 1.29 is 13.9 Å². The highest BCUT2D eigenvalue weighted by Gasteiger charge is 2.25. The molecule has 1 unspecified atom stereocenters. The summed E-state index contributed by atoms with van der Waals surface area (Å²) >= 11 is 1.62. The topological polar surface area (TPSA) is 57.7 Å². The Morgan fingerprint density at radius 1 is 1.12 bits per heavy atom. The minimum Gasteiger partial charge on any atom is -0.410 e. The SMILES string of the molecule is CN1CCC(N(C)c2nc3ccc(NC(=O)Oc4ccc(-c5ccc(F)cc5)cc4)cc3s2)C1. The van der Waals surface area contributed by atoms with E-state index in [1.165, 1.54) is 12.1 Å². The Labute approximate surface area is 201 Å². The van der Waals surface area contributed by atoms with Crippen LogP contribution in [0.3, 0.4) is 0 Å². The second kappa shape index (κ2) is 9.40. The molecule has 4 aromatic rings. The Kier molecular flexibility index (Phi) is 6.17. The van der Waals surface area contributed by atoms with Crippen LogP contribution in [0.1, 0.15) is 6.42 Å². The standard InChI is InChI=1S/C26H25FN4O2S/c1-30-14-13-21(16-30)31(2)25-29-23-12-9-20(15-24(23)34-25)28-26(32)33-22-10-5-18(6-11-22)17-3-7-19(27)8-4-17/h3-12,15,21H,13-14,16H2,1-2H3,(H,28,32). The van der Waals surface area contributed by atoms with E-state index in [9.17, 15) is 9.18 Å². The van der Waals surface area contributed by atoms with Gasteiger partial charge in [-0.3, -0.25) is 5.32 Å². The van der Waals surface area contributed by atoms with Gasteiger partial charge < -0.3 is 14.5 Å². The molecule has 0 bridgehead atoms. The molecule has 1 aliphatic heterocycles. The van der Waals surface area contributed by atoms with Crippen molar-refractivity contribution in [2.75, 3.05) is 37.4 Å². The lowest BCUT2D eigenvalue weighted by Crippen LogP contribution is -2.33. The Balaban J connectivity index is 1.23. The van der Waals surface area contributed by atoms with Gasteiger partial charge in [0.05, 0.1) is 10.2 Å². The van der Waals surface area contributed by atoms with Crippen molar-refractivity contribution in [3.63, 3.8) is 0 Å². The van der Waals surface area contributed by atoms with E-state index in [-0.39, 0.29) is 5.82 Å². The smallest absolute Gasteiger partial charge is 0.410 e. The predicted octanol–water partition coefficient (Wildman–Crippen LogP) is 5.85. The highest BCUT2D eigenvalue weighted by Crippen LogP contribution is 2.32. The van der Waals surface area contributed by atoms with Crippen molar-refractivity contribution in [1.82, 2.24) is 9.88 Å². The molecule has 1 atom stereocenters. The molecule has 1 aromatic heterocycles. The summed E-state index contributed by atoms with van der Waals surface area (Å²) in [6.07, 6.45) is 0.566. The number of fused-ring (bicyclic) bond motifs is 1. The molecular formula is C26H25FN4O2S. The zero-order chi connectivity index (χ0) is 23.7. The van der Waals surface area contributed by atoms with E-state index < -0.39 is 6.09 Å². The quantitative estimate of drug-likeness (QED) is 0.391. The Morgan fingerprint density at radius 2 is 1.82 bits per heavy atom. The van der Waals surface area contributed by atoms with Crippen LogP contribution in [0.5, 0.6) is 5.75 Å². The molecule has 0 radical (unpaired) electrons. The minimum absolute atomic E-state index is 0.276. The number of amides is 1. The summed E-state index contributed by atoms with van der Waals surface area (Å²) in [5.41, 5.74) is 3.36. The van der Waals surface area contributed by atoms with Crippen molar-refractivity contribution >= 4 is 38.5 Å². The van der Waals surface area contributed by atoms with Gasteiger partial charge in [-0.2, -0.15) is 0 Å². The van der Waals surface area contributed by atoms with Crippen LogP contribution in [0, 0.1) is 5.82 Å². The average Bonchev–Trinajstić information content (AvgIpc) is 3.45. The van der Waals surface area contributed by atoms with E-state index in [0.717, 1.165) is 46.0 Å². The lowest BCUT2D eigenvalue weighted by molar-refractivity contribution is 0.215. The third-order valence-electron chi connectivity index (χ3n) is 6.08. The molecule has 2 heterocycles. The first-order chi connectivity index (χ1) is 16.4. The number of nitrogens with one attached hydrogen (secondary N) is 1. The number of likely N-dealkylation sites (N-methyl/N-ethyl adjacent to an activating group) is 2. The summed E-state index contributed by atoms with van der Waals surface area (Å²) in [6.45, 7) is 2.14. The maximum Gasteiger partial charge on any atom is 0.417 e. The number of carbonyl (C=O) groups is 1. The van der Waals surface area contributed by atoms with Crippen LogP contribution in [-0.4, -0.2) is 49.2 Å². The molecule has 174 valence electrons. The summed E-state index contributed by atoms with van der Waals surface area (Å²) in [5, 5.41) is 3.77. The molecule has 1 aliphatic rings. The van der Waals surface area contributed by atoms with E-state index >= 15 is 0 Å². The van der Waals surface area contributed by atoms with Gasteiger partial charge in [0.2, 0.25) is 0 Å². The third kappa shape index (κ3) is 4.88. The van der Waals surface area contributed by atoms with Gasteiger partial charge in [0.25, 0.3) is 0 Å². The average molecular weight is 477 g/mol. The number of hydrogen-bond donors (Lipinski definition) is 1. The Hall–Kier alpha value is -3.49. The molecule has 0 spiro atoms. The predicted molar refractivity (Wildman–Crippen MR) is 135 cm³/mol. The zero-order valence-corrected chi connectivity index (χ0v) is 19.8. The summed E-state index contributed by atoms with van der Waals surface area (Å²) < 4.78 is 19.6. The lowest BCUT2D eigenvalue weighted by atomic mass is 10.1. The van der Waals surface area contributed by atoms with Crippen molar-refractivity contribution in [3.8, 4) is 16.9 Å². The Bertz CT molecular complexity index is 1310. The van der Waals surface area contributed by atoms with Crippen LogP contribution in [0.15, 0.2) is 66.7 Å². The molecule has 8 heteroatoms. The molecule has 5 rings (SSSR count). The van der Waals surface area contributed by atoms with Crippen molar-refractivity contribution in [3.05, 3.63) is 72.5 Å². The van der Waals surface area contributed by atoms with Crippen LogP contribution in [0.4, 0.5) is 20.0 Å². The van der Waals surface area contributed by atoms with E-state index in [2.05, 4.69) is 29.2 Å². The van der Waals surface area contributed by atoms with Crippen LogP contribution in [-0.2, 0) is 0 Å². The van der Waals surface area contributed by atoms with Gasteiger partial charge in [0.15, 0.2) is 5.13 Å². The number of carbonyl (C=O) groups excluding carboxylic acids is 1. The molecule has 6 nitrogen and oxygen atoms in total. The van der Waals surface area contributed by atoms with E-state index in [1.54, 1.807) is 35.6 Å². The summed E-state index contributed by atoms with van der Waals surface area (Å²) in [4.78, 5) is 21.8. The fourth-order valence-corrected chi connectivity index (χ4v) is 5.17. The zero-order valence-electron chi connectivity index (χ0n) is 19.0. The van der Waals surface area contributed by atoms with Crippen molar-refractivity contribution in [1.29, 1.82) is 0 Å². The van der Waals surface area contributed by atoms with Gasteiger partial charge in [-0.05, 0) is 73.6 Å². The minimum atomic E-state index is -0.565. The first-order valence-electron chi connectivity index (χ1n) is 11.1. The first-order valence-corrected chi connectivity index (χ1v) is 11.9. The molecule has 0 aliphatic carbocycles. The molecule has 0 saturated carbocycles. The highest BCUT2D eigenvalue weighted by molar-refractivity contribution is 7.22. The van der Waals surface area contributed by atoms with Gasteiger partial charge in [0, 0.05) is 25.3 Å². The molecule has 1 saturated heterocycles. The lowest BCUT2D eigenvalue weighted by Gasteiger charge is -2.23. The monoisotopic (exact) mass is 476 g/mol. The van der Waals surface area contributed by atoms with Gasteiger partial charge in [0.1, 0.15) is 11.6 Å². The molecule has 1 N–H and O–H groups in total. The fraction of sp³-hybridized carbons (Fsp3) is 0.231. The molecular weight excluding hydrogens is 451 g/mol. The van der Waals surface area contributed by atoms with Gasteiger partial charge >= 0.3 is 6.09 Å². The maximum absolute atomic E-state index is 13.1. The maximum atomic E-state index is 13.1. The third-order valence-corrected chi connectivity index (χ3v) is 7.19. The molecule has 1 fully saturated rings.